The van der Waals surface area contributed by atoms with E-state index in [2.05, 4.69) is 25.8 Å². The molecule has 0 aromatic heterocycles. The van der Waals surface area contributed by atoms with Crippen molar-refractivity contribution in [3.05, 3.63) is 0 Å². The van der Waals surface area contributed by atoms with Crippen LogP contribution in [0.3, 0.4) is 0 Å². The molecule has 0 radical (unpaired) electrons. The molecule has 2 nitrogen and oxygen atoms in total. The van der Waals surface area contributed by atoms with Gasteiger partial charge in [-0.25, -0.2) is 0 Å². The third-order valence-corrected chi connectivity index (χ3v) is 3.51. The van der Waals surface area contributed by atoms with Gasteiger partial charge >= 0.3 is 0 Å². The predicted octanol–water partition coefficient (Wildman–Crippen LogP) is 3.66. The molecular formula is C13H25NO. The molecule has 1 unspecified atom stereocenters. The summed E-state index contributed by atoms with van der Waals surface area (Å²) in [6, 6.07) is 0. The Bertz CT molecular complexity index is 197. The van der Waals surface area contributed by atoms with E-state index >= 15 is 0 Å². The quantitative estimate of drug-likeness (QED) is 0.630. The molecule has 15 heavy (non-hydrogen) atoms. The Kier molecular flexibility index (Phi) is 5.74. The SMILES string of the molecule is CCC(CC)CC(CC)CC1=NCCO1. The van der Waals surface area contributed by atoms with Crippen LogP contribution in [-0.4, -0.2) is 19.0 Å². The average molecular weight is 211 g/mol. The second kappa shape index (κ2) is 6.86. The van der Waals surface area contributed by atoms with Gasteiger partial charge in [0, 0.05) is 6.42 Å². The highest BCUT2D eigenvalue weighted by molar-refractivity contribution is 5.77. The monoisotopic (exact) mass is 211 g/mol. The van der Waals surface area contributed by atoms with E-state index < -0.39 is 0 Å². The highest BCUT2D eigenvalue weighted by Gasteiger charge is 2.17. The standard InChI is InChI=1S/C13H25NO/c1-4-11(5-2)9-12(6-3)10-13-14-7-8-15-13/h11-12H,4-10H2,1-3H3. The van der Waals surface area contributed by atoms with Crippen molar-refractivity contribution in [2.45, 2.75) is 52.9 Å². The molecule has 0 saturated carbocycles. The van der Waals surface area contributed by atoms with Crippen molar-refractivity contribution in [2.24, 2.45) is 16.8 Å². The van der Waals surface area contributed by atoms with Crippen LogP contribution in [0.25, 0.3) is 0 Å². The van der Waals surface area contributed by atoms with Crippen LogP contribution in [0.15, 0.2) is 4.99 Å². The van der Waals surface area contributed by atoms with E-state index in [0.29, 0.717) is 0 Å². The second-order valence-electron chi connectivity index (χ2n) is 4.52. The molecule has 0 saturated heterocycles. The molecule has 0 aliphatic carbocycles. The summed E-state index contributed by atoms with van der Waals surface area (Å²) in [6.45, 7) is 8.55. The first-order valence-electron chi connectivity index (χ1n) is 6.46. The lowest BCUT2D eigenvalue weighted by Crippen LogP contribution is -2.12. The van der Waals surface area contributed by atoms with Gasteiger partial charge in [0.15, 0.2) is 5.90 Å². The smallest absolute Gasteiger partial charge is 0.183 e. The Labute approximate surface area is 94.1 Å². The van der Waals surface area contributed by atoms with Crippen LogP contribution in [0.4, 0.5) is 0 Å². The van der Waals surface area contributed by atoms with Gasteiger partial charge in [-0.1, -0.05) is 40.0 Å². The molecule has 1 rings (SSSR count). The zero-order valence-electron chi connectivity index (χ0n) is 10.5. The van der Waals surface area contributed by atoms with Crippen LogP contribution in [0.1, 0.15) is 52.9 Å². The maximum absolute atomic E-state index is 5.48. The molecule has 1 atom stereocenters. The van der Waals surface area contributed by atoms with Gasteiger partial charge in [0.25, 0.3) is 0 Å². The molecule has 0 aromatic rings. The van der Waals surface area contributed by atoms with Crippen LogP contribution in [0.5, 0.6) is 0 Å². The van der Waals surface area contributed by atoms with Crippen LogP contribution >= 0.6 is 0 Å². The fraction of sp³-hybridized carbons (Fsp3) is 0.923. The molecule has 1 aliphatic heterocycles. The van der Waals surface area contributed by atoms with Crippen LogP contribution in [-0.2, 0) is 4.74 Å². The number of aliphatic imine (C=N–C) groups is 1. The molecular weight excluding hydrogens is 186 g/mol. The Morgan fingerprint density at radius 3 is 2.27 bits per heavy atom. The normalized spacial score (nSPS) is 17.7. The van der Waals surface area contributed by atoms with Gasteiger partial charge in [-0.15, -0.1) is 0 Å². The van der Waals surface area contributed by atoms with Crippen molar-refractivity contribution in [1.29, 1.82) is 0 Å². The minimum Gasteiger partial charge on any atom is -0.479 e. The van der Waals surface area contributed by atoms with Crippen molar-refractivity contribution in [1.82, 2.24) is 0 Å². The van der Waals surface area contributed by atoms with Crippen LogP contribution in [0, 0.1) is 11.8 Å². The molecule has 0 bridgehead atoms. The van der Waals surface area contributed by atoms with E-state index in [1.54, 1.807) is 0 Å². The predicted molar refractivity (Wildman–Crippen MR) is 65.3 cm³/mol. The molecule has 0 spiro atoms. The molecule has 0 amide bonds. The minimum atomic E-state index is 0.770. The number of ether oxygens (including phenoxy) is 1. The average Bonchev–Trinajstić information content (AvgIpc) is 2.76. The van der Waals surface area contributed by atoms with E-state index in [4.69, 9.17) is 4.74 Å². The van der Waals surface area contributed by atoms with Crippen LogP contribution in [0.2, 0.25) is 0 Å². The first kappa shape index (κ1) is 12.5. The number of hydrogen-bond acceptors (Lipinski definition) is 2. The first-order valence-corrected chi connectivity index (χ1v) is 6.46. The first-order chi connectivity index (χ1) is 7.30. The van der Waals surface area contributed by atoms with E-state index in [9.17, 15) is 0 Å². The number of rotatable bonds is 7. The maximum Gasteiger partial charge on any atom is 0.183 e. The number of nitrogens with zero attached hydrogens (tertiary/aromatic N) is 1. The van der Waals surface area contributed by atoms with Gasteiger partial charge in [0.05, 0.1) is 6.54 Å². The van der Waals surface area contributed by atoms with Gasteiger partial charge in [-0.2, -0.15) is 0 Å². The third kappa shape index (κ3) is 4.23. The largest absolute Gasteiger partial charge is 0.479 e. The zero-order valence-corrected chi connectivity index (χ0v) is 10.5. The van der Waals surface area contributed by atoms with E-state index in [0.717, 1.165) is 37.3 Å². The van der Waals surface area contributed by atoms with E-state index in [-0.39, 0.29) is 0 Å². The molecule has 0 N–H and O–H groups in total. The van der Waals surface area contributed by atoms with Gasteiger partial charge in [0.1, 0.15) is 6.61 Å². The summed E-state index contributed by atoms with van der Waals surface area (Å²) in [5, 5.41) is 0. The Morgan fingerprint density at radius 1 is 1.13 bits per heavy atom. The Morgan fingerprint density at radius 2 is 1.80 bits per heavy atom. The van der Waals surface area contributed by atoms with Crippen molar-refractivity contribution < 1.29 is 4.74 Å². The minimum absolute atomic E-state index is 0.770. The van der Waals surface area contributed by atoms with Crippen molar-refractivity contribution in [3.8, 4) is 0 Å². The van der Waals surface area contributed by atoms with Gasteiger partial charge in [0.2, 0.25) is 0 Å². The highest BCUT2D eigenvalue weighted by atomic mass is 16.5. The summed E-state index contributed by atoms with van der Waals surface area (Å²) in [5.74, 6) is 2.66. The zero-order chi connectivity index (χ0) is 11.1. The lowest BCUT2D eigenvalue weighted by atomic mass is 9.87. The van der Waals surface area contributed by atoms with E-state index in [1.807, 2.05) is 0 Å². The highest BCUT2D eigenvalue weighted by Crippen LogP contribution is 2.24. The Hall–Kier alpha value is -0.530. The molecule has 0 fully saturated rings. The molecule has 1 heterocycles. The van der Waals surface area contributed by atoms with Crippen molar-refractivity contribution in [3.63, 3.8) is 0 Å². The molecule has 88 valence electrons. The summed E-state index contributed by atoms with van der Waals surface area (Å²) < 4.78 is 5.48. The van der Waals surface area contributed by atoms with Crippen molar-refractivity contribution >= 4 is 5.90 Å². The lowest BCUT2D eigenvalue weighted by Gasteiger charge is -2.20. The molecule has 1 aliphatic rings. The summed E-state index contributed by atoms with van der Waals surface area (Å²) >= 11 is 0. The fourth-order valence-electron chi connectivity index (χ4n) is 2.24. The molecule has 0 aromatic carbocycles. The van der Waals surface area contributed by atoms with Crippen LogP contribution < -0.4 is 0 Å². The molecule has 2 heteroatoms. The fourth-order valence-corrected chi connectivity index (χ4v) is 2.24. The maximum atomic E-state index is 5.48. The van der Waals surface area contributed by atoms with Gasteiger partial charge in [-0.05, 0) is 18.3 Å². The second-order valence-corrected chi connectivity index (χ2v) is 4.52. The van der Waals surface area contributed by atoms with Gasteiger partial charge in [-0.3, -0.25) is 4.99 Å². The summed E-state index contributed by atoms with van der Waals surface area (Å²) in [4.78, 5) is 4.38. The van der Waals surface area contributed by atoms with Gasteiger partial charge < -0.3 is 4.74 Å². The summed E-state index contributed by atoms with van der Waals surface area (Å²) in [6.07, 6.45) is 6.26. The Balaban J connectivity index is 2.34. The van der Waals surface area contributed by atoms with Crippen molar-refractivity contribution in [2.75, 3.05) is 13.2 Å². The summed E-state index contributed by atoms with van der Waals surface area (Å²) in [7, 11) is 0. The van der Waals surface area contributed by atoms with E-state index in [1.165, 1.54) is 25.7 Å². The third-order valence-electron chi connectivity index (χ3n) is 3.51. The number of hydrogen-bond donors (Lipinski definition) is 0. The lowest BCUT2D eigenvalue weighted by molar-refractivity contribution is 0.305. The topological polar surface area (TPSA) is 21.6 Å². The summed E-state index contributed by atoms with van der Waals surface area (Å²) in [5.41, 5.74) is 0.